The van der Waals surface area contributed by atoms with E-state index in [1.54, 1.807) is 35.0 Å². The molecule has 0 unspecified atom stereocenters. The monoisotopic (exact) mass is 524 g/mol. The zero-order chi connectivity index (χ0) is 23.9. The van der Waals surface area contributed by atoms with Crippen molar-refractivity contribution in [3.8, 4) is 5.82 Å². The third kappa shape index (κ3) is 4.63. The van der Waals surface area contributed by atoms with Gasteiger partial charge in [0.2, 0.25) is 0 Å². The van der Waals surface area contributed by atoms with E-state index in [-0.39, 0.29) is 25.7 Å². The van der Waals surface area contributed by atoms with Crippen LogP contribution in [0.15, 0.2) is 59.6 Å². The van der Waals surface area contributed by atoms with Crippen LogP contribution in [0.25, 0.3) is 16.7 Å². The summed E-state index contributed by atoms with van der Waals surface area (Å²) in [5.74, 6) is -0.821. The molecule has 1 N–H and O–H groups in total. The quantitative estimate of drug-likeness (QED) is 0.381. The number of carbonyl (C=O) groups is 1. The van der Waals surface area contributed by atoms with Crippen molar-refractivity contribution in [1.82, 2.24) is 14.8 Å². The van der Waals surface area contributed by atoms with Gasteiger partial charge in [-0.1, -0.05) is 34.8 Å². The molecule has 4 rings (SSSR count). The van der Waals surface area contributed by atoms with E-state index in [4.69, 9.17) is 34.8 Å². The van der Waals surface area contributed by atoms with Gasteiger partial charge in [-0.25, -0.2) is 8.42 Å². The molecule has 0 fully saturated rings. The topological polar surface area (TPSA) is 105 Å². The van der Waals surface area contributed by atoms with Crippen LogP contribution in [-0.4, -0.2) is 40.8 Å². The fraction of sp³-hybridized carbons (Fsp3) is 0.0952. The lowest BCUT2D eigenvalue weighted by Crippen LogP contribution is -2.36. The minimum absolute atomic E-state index is 0.00425. The van der Waals surface area contributed by atoms with Gasteiger partial charge in [0.25, 0.3) is 10.0 Å². The van der Waals surface area contributed by atoms with E-state index >= 15 is 0 Å². The van der Waals surface area contributed by atoms with Gasteiger partial charge >= 0.3 is 5.97 Å². The maximum absolute atomic E-state index is 13.4. The number of anilines is 1. The summed E-state index contributed by atoms with van der Waals surface area (Å²) in [6, 6.07) is 12.1. The van der Waals surface area contributed by atoms with Gasteiger partial charge in [0, 0.05) is 21.6 Å². The van der Waals surface area contributed by atoms with E-state index in [1.165, 1.54) is 24.3 Å². The number of aliphatic carboxylic acids is 1. The third-order valence-electron chi connectivity index (χ3n) is 4.76. The van der Waals surface area contributed by atoms with Crippen LogP contribution < -0.4 is 4.31 Å². The van der Waals surface area contributed by atoms with Crippen molar-refractivity contribution in [3.05, 3.63) is 75.5 Å². The molecule has 4 aromatic rings. The number of halogens is 3. The minimum atomic E-state index is -4.37. The highest BCUT2D eigenvalue weighted by Crippen LogP contribution is 2.36. The van der Waals surface area contributed by atoms with Crippen molar-refractivity contribution >= 4 is 67.4 Å². The molecule has 0 bridgehead atoms. The average Bonchev–Trinajstić information content (AvgIpc) is 3.14. The molecule has 170 valence electrons. The molecule has 0 radical (unpaired) electrons. The van der Waals surface area contributed by atoms with Crippen molar-refractivity contribution in [2.45, 2.75) is 11.8 Å². The highest BCUT2D eigenvalue weighted by atomic mass is 35.5. The predicted molar refractivity (Wildman–Crippen MR) is 127 cm³/mol. The molecule has 0 aliphatic carbocycles. The number of aryl methyl sites for hydroxylation is 1. The second kappa shape index (κ2) is 8.83. The number of fused-ring (bicyclic) bond motifs is 1. The Labute approximate surface area is 204 Å². The first kappa shape index (κ1) is 23.3. The first-order chi connectivity index (χ1) is 15.6. The van der Waals surface area contributed by atoms with Gasteiger partial charge < -0.3 is 5.11 Å². The van der Waals surface area contributed by atoms with E-state index in [0.29, 0.717) is 21.0 Å². The van der Waals surface area contributed by atoms with E-state index in [2.05, 4.69) is 10.2 Å². The lowest BCUT2D eigenvalue weighted by atomic mass is 10.2. The Morgan fingerprint density at radius 3 is 2.33 bits per heavy atom. The summed E-state index contributed by atoms with van der Waals surface area (Å²) in [6.07, 6.45) is 1.73. The van der Waals surface area contributed by atoms with Gasteiger partial charge in [-0.15, -0.1) is 5.10 Å². The fourth-order valence-corrected chi connectivity index (χ4v) is 5.75. The Morgan fingerprint density at radius 2 is 1.73 bits per heavy atom. The Balaban J connectivity index is 1.87. The van der Waals surface area contributed by atoms with Crippen LogP contribution in [0.2, 0.25) is 15.1 Å². The Morgan fingerprint density at radius 1 is 1.03 bits per heavy atom. The molecule has 2 aromatic carbocycles. The minimum Gasteiger partial charge on any atom is -0.480 e. The molecule has 2 heterocycles. The number of benzene rings is 2. The van der Waals surface area contributed by atoms with Crippen LogP contribution in [0.3, 0.4) is 0 Å². The molecule has 0 amide bonds. The summed E-state index contributed by atoms with van der Waals surface area (Å²) in [5.41, 5.74) is 1.39. The van der Waals surface area contributed by atoms with Crippen molar-refractivity contribution in [3.63, 3.8) is 0 Å². The summed E-state index contributed by atoms with van der Waals surface area (Å²) < 4.78 is 29.2. The summed E-state index contributed by atoms with van der Waals surface area (Å²) in [7, 11) is -4.37. The largest absolute Gasteiger partial charge is 0.480 e. The van der Waals surface area contributed by atoms with E-state index in [9.17, 15) is 18.3 Å². The molecule has 8 nitrogen and oxygen atoms in total. The van der Waals surface area contributed by atoms with Crippen molar-refractivity contribution in [1.29, 1.82) is 0 Å². The number of hydrogen-bond acceptors (Lipinski definition) is 5. The van der Waals surface area contributed by atoms with E-state index < -0.39 is 22.5 Å². The number of carboxylic acid groups (broad SMARTS) is 1. The van der Waals surface area contributed by atoms with Crippen LogP contribution in [0, 0.1) is 6.92 Å². The van der Waals surface area contributed by atoms with Gasteiger partial charge in [-0.2, -0.15) is 5.10 Å². The molecule has 12 heteroatoms. The van der Waals surface area contributed by atoms with Gasteiger partial charge in [0.05, 0.1) is 26.8 Å². The van der Waals surface area contributed by atoms with E-state index in [0.717, 1.165) is 5.69 Å². The summed E-state index contributed by atoms with van der Waals surface area (Å²) in [4.78, 5) is 11.3. The first-order valence-electron chi connectivity index (χ1n) is 9.38. The Bertz CT molecular complexity index is 1470. The molecule has 0 aliphatic heterocycles. The van der Waals surface area contributed by atoms with Crippen LogP contribution >= 0.6 is 34.8 Å². The molecule has 0 saturated heterocycles. The van der Waals surface area contributed by atoms with E-state index in [1.807, 2.05) is 6.92 Å². The van der Waals surface area contributed by atoms with Crippen molar-refractivity contribution in [2.24, 2.45) is 0 Å². The smallest absolute Gasteiger partial charge is 0.324 e. The van der Waals surface area contributed by atoms with Gasteiger partial charge in [-0.05, 0) is 55.5 Å². The first-order valence-corrected chi connectivity index (χ1v) is 12.0. The zero-order valence-corrected chi connectivity index (χ0v) is 20.0. The Hall–Kier alpha value is -2.85. The second-order valence-electron chi connectivity index (χ2n) is 7.09. The zero-order valence-electron chi connectivity index (χ0n) is 16.9. The van der Waals surface area contributed by atoms with Crippen LogP contribution in [0.5, 0.6) is 0 Å². The van der Waals surface area contributed by atoms with Crippen LogP contribution in [0.1, 0.15) is 5.69 Å². The predicted octanol–water partition coefficient (Wildman–Crippen LogP) is 4.97. The van der Waals surface area contributed by atoms with Gasteiger partial charge in [0.15, 0.2) is 5.82 Å². The van der Waals surface area contributed by atoms with Gasteiger partial charge in [-0.3, -0.25) is 13.7 Å². The number of sulfonamides is 1. The molecule has 0 saturated carbocycles. The lowest BCUT2D eigenvalue weighted by molar-refractivity contribution is -0.135. The summed E-state index contributed by atoms with van der Waals surface area (Å²) >= 11 is 18.4. The summed E-state index contributed by atoms with van der Waals surface area (Å²) in [5, 5.41) is 18.5. The second-order valence-corrected chi connectivity index (χ2v) is 10.2. The molecule has 0 atom stereocenters. The maximum Gasteiger partial charge on any atom is 0.324 e. The van der Waals surface area contributed by atoms with Gasteiger partial charge in [0.1, 0.15) is 6.54 Å². The van der Waals surface area contributed by atoms with Crippen molar-refractivity contribution < 1.29 is 18.3 Å². The molecule has 2 aromatic heterocycles. The SMILES string of the molecule is Cc1ccc(-n2ccc3cc(N(CC(=O)O)S(=O)(=O)c4cc(Cl)cc(Cl)c4)c(Cl)cc32)nn1. The lowest BCUT2D eigenvalue weighted by Gasteiger charge is -2.24. The van der Waals surface area contributed by atoms with Crippen LogP contribution in [-0.2, 0) is 14.8 Å². The fourth-order valence-electron chi connectivity index (χ4n) is 3.28. The molecule has 0 spiro atoms. The van der Waals surface area contributed by atoms with Crippen LogP contribution in [0.4, 0.5) is 5.69 Å². The molecular formula is C21H15Cl3N4O4S. The highest BCUT2D eigenvalue weighted by Gasteiger charge is 2.30. The third-order valence-corrected chi connectivity index (χ3v) is 7.24. The number of aromatic nitrogens is 3. The number of carboxylic acids is 1. The Kier molecular flexibility index (Phi) is 6.24. The number of nitrogens with zero attached hydrogens (tertiary/aromatic N) is 4. The average molecular weight is 526 g/mol. The molecule has 33 heavy (non-hydrogen) atoms. The maximum atomic E-state index is 13.4. The summed E-state index contributed by atoms with van der Waals surface area (Å²) in [6.45, 7) is 0.958. The highest BCUT2D eigenvalue weighted by molar-refractivity contribution is 7.92. The van der Waals surface area contributed by atoms with Crippen molar-refractivity contribution in [2.75, 3.05) is 10.8 Å². The number of hydrogen-bond donors (Lipinski definition) is 1. The standard InChI is InChI=1S/C21H15Cl3N4O4S/c1-12-2-3-20(26-25-12)27-5-4-13-6-19(17(24)10-18(13)27)28(11-21(29)30)33(31,32)16-8-14(22)7-15(23)9-16/h2-10H,11H2,1H3,(H,29,30). The normalized spacial score (nSPS) is 11.6. The molecule has 0 aliphatic rings. The molecular weight excluding hydrogens is 511 g/mol. The number of rotatable bonds is 6.